The molecule has 134 valence electrons. The van der Waals surface area contributed by atoms with E-state index in [0.29, 0.717) is 17.3 Å². The van der Waals surface area contributed by atoms with Gasteiger partial charge in [-0.3, -0.25) is 9.48 Å². The summed E-state index contributed by atoms with van der Waals surface area (Å²) in [5.41, 5.74) is 0.557. The van der Waals surface area contributed by atoms with Gasteiger partial charge in [-0.2, -0.15) is 18.3 Å². The van der Waals surface area contributed by atoms with Crippen LogP contribution in [0.4, 0.5) is 18.9 Å². The van der Waals surface area contributed by atoms with Crippen molar-refractivity contribution in [1.29, 1.82) is 0 Å². The third-order valence-corrected chi connectivity index (χ3v) is 4.60. The fraction of sp³-hybridized carbons (Fsp3) is 0.444. The van der Waals surface area contributed by atoms with Crippen LogP contribution in [0.3, 0.4) is 0 Å². The number of carbonyl (C=O) groups is 1. The maximum absolute atomic E-state index is 13.1. The molecule has 4 nitrogen and oxygen atoms in total. The highest BCUT2D eigenvalue weighted by Crippen LogP contribution is 2.39. The molecule has 2 aromatic rings. The summed E-state index contributed by atoms with van der Waals surface area (Å²) in [6, 6.07) is 6.43. The monoisotopic (exact) mass is 351 g/mol. The highest BCUT2D eigenvalue weighted by Gasteiger charge is 2.37. The van der Waals surface area contributed by atoms with Gasteiger partial charge < -0.3 is 4.90 Å². The first-order valence-corrected chi connectivity index (χ1v) is 8.20. The lowest BCUT2D eigenvalue weighted by molar-refractivity contribution is -0.137. The summed E-state index contributed by atoms with van der Waals surface area (Å²) in [5.74, 6) is -0.0189. The molecule has 0 radical (unpaired) electrons. The molecule has 1 saturated carbocycles. The van der Waals surface area contributed by atoms with Crippen molar-refractivity contribution < 1.29 is 18.0 Å². The lowest BCUT2D eigenvalue weighted by Crippen LogP contribution is -2.41. The first-order chi connectivity index (χ1) is 11.7. The normalized spacial score (nSPS) is 15.9. The molecule has 1 aliphatic rings. The van der Waals surface area contributed by atoms with E-state index in [9.17, 15) is 18.0 Å². The van der Waals surface area contributed by atoms with E-state index in [2.05, 4.69) is 5.10 Å². The Morgan fingerprint density at radius 2 is 2.00 bits per heavy atom. The maximum Gasteiger partial charge on any atom is 0.416 e. The summed E-state index contributed by atoms with van der Waals surface area (Å²) in [6.45, 7) is 3.66. The van der Waals surface area contributed by atoms with Crippen LogP contribution >= 0.6 is 0 Å². The van der Waals surface area contributed by atoms with Crippen molar-refractivity contribution in [1.82, 2.24) is 9.78 Å². The summed E-state index contributed by atoms with van der Waals surface area (Å²) in [4.78, 5) is 14.6. The molecule has 1 fully saturated rings. The van der Waals surface area contributed by atoms with E-state index in [1.54, 1.807) is 26.1 Å². The minimum atomic E-state index is -4.45. The van der Waals surface area contributed by atoms with Crippen molar-refractivity contribution in [2.45, 2.75) is 38.9 Å². The number of carbonyl (C=O) groups excluding carboxylic acids is 1. The van der Waals surface area contributed by atoms with Crippen LogP contribution in [0, 0.1) is 12.8 Å². The molecule has 1 aliphatic carbocycles. The van der Waals surface area contributed by atoms with E-state index in [-0.39, 0.29) is 17.6 Å². The van der Waals surface area contributed by atoms with Gasteiger partial charge in [0.1, 0.15) is 5.69 Å². The largest absolute Gasteiger partial charge is 0.416 e. The average molecular weight is 351 g/mol. The van der Waals surface area contributed by atoms with E-state index >= 15 is 0 Å². The first kappa shape index (κ1) is 17.5. The van der Waals surface area contributed by atoms with E-state index in [1.165, 1.54) is 15.6 Å². The Balaban J connectivity index is 2.04. The number of halogens is 3. The molecule has 3 rings (SSSR count). The van der Waals surface area contributed by atoms with Crippen molar-refractivity contribution in [3.8, 4) is 0 Å². The van der Waals surface area contributed by atoms with Crippen molar-refractivity contribution >= 4 is 11.6 Å². The molecule has 1 amide bonds. The Labute approximate surface area is 144 Å². The summed E-state index contributed by atoms with van der Waals surface area (Å²) in [7, 11) is 1.66. The fourth-order valence-electron chi connectivity index (χ4n) is 3.09. The lowest BCUT2D eigenvalue weighted by atomic mass is 10.1. The highest BCUT2D eigenvalue weighted by molar-refractivity contribution is 6.05. The van der Waals surface area contributed by atoms with Gasteiger partial charge in [0, 0.05) is 18.8 Å². The van der Waals surface area contributed by atoms with Crippen LogP contribution in [0.5, 0.6) is 0 Å². The number of rotatable bonds is 4. The van der Waals surface area contributed by atoms with E-state index in [0.717, 1.165) is 25.0 Å². The van der Waals surface area contributed by atoms with Crippen LogP contribution in [0.25, 0.3) is 0 Å². The van der Waals surface area contributed by atoms with Crippen molar-refractivity contribution in [3.05, 3.63) is 47.3 Å². The Hall–Kier alpha value is -2.31. The second kappa shape index (κ2) is 6.20. The number of anilines is 1. The second-order valence-corrected chi connectivity index (χ2v) is 6.60. The van der Waals surface area contributed by atoms with Gasteiger partial charge in [0.25, 0.3) is 5.91 Å². The molecule has 0 aliphatic heterocycles. The number of aryl methyl sites for hydroxylation is 2. The van der Waals surface area contributed by atoms with Crippen LogP contribution < -0.4 is 4.90 Å². The van der Waals surface area contributed by atoms with Crippen molar-refractivity contribution in [3.63, 3.8) is 0 Å². The van der Waals surface area contributed by atoms with E-state index in [1.807, 2.05) is 6.92 Å². The zero-order valence-electron chi connectivity index (χ0n) is 14.3. The quantitative estimate of drug-likeness (QED) is 0.828. The fourth-order valence-corrected chi connectivity index (χ4v) is 3.09. The molecular formula is C18H20F3N3O. The second-order valence-electron chi connectivity index (χ2n) is 6.60. The van der Waals surface area contributed by atoms with Crippen molar-refractivity contribution in [2.24, 2.45) is 13.0 Å². The summed E-state index contributed by atoms with van der Waals surface area (Å²) >= 11 is 0. The third kappa shape index (κ3) is 3.55. The number of nitrogens with zero attached hydrogens (tertiary/aromatic N) is 3. The Morgan fingerprint density at radius 3 is 2.52 bits per heavy atom. The number of hydrogen-bond acceptors (Lipinski definition) is 2. The average Bonchev–Trinajstić information content (AvgIpc) is 3.32. The molecule has 1 heterocycles. The van der Waals surface area contributed by atoms with Crippen LogP contribution in [0.15, 0.2) is 30.3 Å². The van der Waals surface area contributed by atoms with Gasteiger partial charge in [-0.05, 0) is 56.9 Å². The van der Waals surface area contributed by atoms with Crippen LogP contribution in [-0.4, -0.2) is 21.7 Å². The van der Waals surface area contributed by atoms with Gasteiger partial charge in [0.05, 0.1) is 11.3 Å². The SMILES string of the molecule is Cc1cc(C(=O)N(c2cccc(C(F)(F)F)c2)C(C)C2CC2)n(C)n1. The third-order valence-electron chi connectivity index (χ3n) is 4.60. The van der Waals surface area contributed by atoms with Gasteiger partial charge in [-0.1, -0.05) is 6.07 Å². The predicted molar refractivity (Wildman–Crippen MR) is 88.4 cm³/mol. The molecule has 0 bridgehead atoms. The molecule has 1 unspecified atom stereocenters. The number of benzene rings is 1. The predicted octanol–water partition coefficient (Wildman–Crippen LogP) is 4.19. The number of amides is 1. The van der Waals surface area contributed by atoms with E-state index < -0.39 is 11.7 Å². The Morgan fingerprint density at radius 1 is 1.32 bits per heavy atom. The van der Waals surface area contributed by atoms with Gasteiger partial charge in [0.2, 0.25) is 0 Å². The lowest BCUT2D eigenvalue weighted by Gasteiger charge is -2.30. The number of alkyl halides is 3. The molecule has 0 saturated heterocycles. The summed E-state index contributed by atoms with van der Waals surface area (Å²) < 4.78 is 40.7. The first-order valence-electron chi connectivity index (χ1n) is 8.20. The summed E-state index contributed by atoms with van der Waals surface area (Å²) in [5, 5.41) is 4.17. The molecule has 7 heteroatoms. The molecule has 1 atom stereocenters. The zero-order chi connectivity index (χ0) is 18.4. The van der Waals surface area contributed by atoms with Crippen LogP contribution in [0.2, 0.25) is 0 Å². The molecule has 25 heavy (non-hydrogen) atoms. The van der Waals surface area contributed by atoms with Gasteiger partial charge >= 0.3 is 6.18 Å². The minimum absolute atomic E-state index is 0.175. The minimum Gasteiger partial charge on any atom is -0.304 e. The molecule has 0 N–H and O–H groups in total. The van der Waals surface area contributed by atoms with E-state index in [4.69, 9.17) is 0 Å². The topological polar surface area (TPSA) is 38.1 Å². The number of aromatic nitrogens is 2. The highest BCUT2D eigenvalue weighted by atomic mass is 19.4. The zero-order valence-corrected chi connectivity index (χ0v) is 14.3. The van der Waals surface area contributed by atoms with Crippen LogP contribution in [-0.2, 0) is 13.2 Å². The molecular weight excluding hydrogens is 331 g/mol. The summed E-state index contributed by atoms with van der Waals surface area (Å²) in [6.07, 6.45) is -2.49. The molecule has 1 aromatic heterocycles. The standard InChI is InChI=1S/C18H20F3N3O/c1-11-9-16(23(3)22-11)17(25)24(12(2)13-7-8-13)15-6-4-5-14(10-15)18(19,20)21/h4-6,9-10,12-13H,7-8H2,1-3H3. The molecule has 0 spiro atoms. The Kier molecular flexibility index (Phi) is 4.34. The van der Waals surface area contributed by atoms with Crippen molar-refractivity contribution in [2.75, 3.05) is 4.90 Å². The Bertz CT molecular complexity index is 793. The van der Waals surface area contributed by atoms with Gasteiger partial charge in [-0.25, -0.2) is 0 Å². The molecule has 1 aromatic carbocycles. The number of hydrogen-bond donors (Lipinski definition) is 0. The van der Waals surface area contributed by atoms with Crippen LogP contribution in [0.1, 0.15) is 41.5 Å². The van der Waals surface area contributed by atoms with Gasteiger partial charge in [0.15, 0.2) is 0 Å². The van der Waals surface area contributed by atoms with Gasteiger partial charge in [-0.15, -0.1) is 0 Å². The smallest absolute Gasteiger partial charge is 0.304 e. The maximum atomic E-state index is 13.1.